The number of hydrogen-bond donors (Lipinski definition) is 0. The Hall–Kier alpha value is -15.5. The van der Waals surface area contributed by atoms with Gasteiger partial charge < -0.3 is 0 Å². The molecule has 15 aromatic carbocycles. The van der Waals surface area contributed by atoms with Crippen molar-refractivity contribution in [2.75, 3.05) is 0 Å². The van der Waals surface area contributed by atoms with E-state index in [9.17, 15) is 0 Å². The summed E-state index contributed by atoms with van der Waals surface area (Å²) in [6, 6.07) is 145. The summed E-state index contributed by atoms with van der Waals surface area (Å²) in [5.41, 5.74) is 27.4. The van der Waals surface area contributed by atoms with Crippen LogP contribution in [0.15, 0.2) is 425 Å². The normalized spacial score (nSPS) is 10.7. The summed E-state index contributed by atoms with van der Waals surface area (Å²) in [7, 11) is 0. The van der Waals surface area contributed by atoms with E-state index in [1.54, 1.807) is 0 Å². The molecule has 118 heavy (non-hydrogen) atoms. The van der Waals surface area contributed by atoms with E-state index in [1.807, 2.05) is 158 Å². The summed E-state index contributed by atoms with van der Waals surface area (Å²) >= 11 is 0. The highest BCUT2D eigenvalue weighted by atomic mass is 15.1. The third-order valence-electron chi connectivity index (χ3n) is 20.1. The number of nitrogens with zero attached hydrogens (tertiary/aromatic N) is 10. The fourth-order valence-electron chi connectivity index (χ4n) is 13.7. The summed E-state index contributed by atoms with van der Waals surface area (Å²) in [4.78, 5) is 48.1. The average Bonchev–Trinajstić information content (AvgIpc) is 0.801. The lowest BCUT2D eigenvalue weighted by Crippen LogP contribution is -2.01. The van der Waals surface area contributed by atoms with E-state index in [0.29, 0.717) is 52.4 Å². The lowest BCUT2D eigenvalue weighted by Gasteiger charge is -2.10. The number of hydrogen-bond acceptors (Lipinski definition) is 10. The van der Waals surface area contributed by atoms with Crippen LogP contribution in [0.25, 0.3) is 170 Å². The Morgan fingerprint density at radius 2 is 0.339 bits per heavy atom. The molecule has 0 radical (unpaired) electrons. The zero-order valence-electron chi connectivity index (χ0n) is 65.9. The van der Waals surface area contributed by atoms with Crippen molar-refractivity contribution in [2.45, 2.75) is 27.7 Å². The second kappa shape index (κ2) is 37.0. The fourth-order valence-corrected chi connectivity index (χ4v) is 13.7. The van der Waals surface area contributed by atoms with E-state index < -0.39 is 0 Å². The van der Waals surface area contributed by atoms with E-state index in [4.69, 9.17) is 49.8 Å². The van der Waals surface area contributed by atoms with Gasteiger partial charge in [0, 0.05) is 61.2 Å². The molecular formula is C108H82N10. The van der Waals surface area contributed by atoms with Crippen LogP contribution in [0.5, 0.6) is 0 Å². The van der Waals surface area contributed by atoms with Crippen molar-refractivity contribution in [1.29, 1.82) is 0 Å². The molecular weight excluding hydrogens is 1440 g/mol. The van der Waals surface area contributed by atoms with Gasteiger partial charge in [0.2, 0.25) is 0 Å². The van der Waals surface area contributed by atoms with Crippen LogP contribution in [-0.2, 0) is 0 Å². The van der Waals surface area contributed by atoms with Crippen molar-refractivity contribution in [1.82, 2.24) is 49.8 Å². The van der Waals surface area contributed by atoms with Gasteiger partial charge in [-0.25, -0.2) is 49.8 Å². The summed E-state index contributed by atoms with van der Waals surface area (Å²) in [5.74, 6) is 6.09. The van der Waals surface area contributed by atoms with Gasteiger partial charge in [0.1, 0.15) is 0 Å². The molecule has 0 fully saturated rings. The maximum atomic E-state index is 4.88. The molecule has 0 saturated carbocycles. The molecule has 0 aliphatic carbocycles. The highest BCUT2D eigenvalue weighted by molar-refractivity contribution is 5.77. The second-order valence-corrected chi connectivity index (χ2v) is 28.6. The predicted octanol–water partition coefficient (Wildman–Crippen LogP) is 26.9. The molecule has 10 heteroatoms. The average molecular weight is 1520 g/mol. The van der Waals surface area contributed by atoms with Crippen LogP contribution in [0.2, 0.25) is 0 Å². The Morgan fingerprint density at radius 1 is 0.127 bits per heavy atom. The zero-order valence-corrected chi connectivity index (χ0v) is 65.9. The monoisotopic (exact) mass is 1520 g/mol. The van der Waals surface area contributed by atoms with Crippen LogP contribution in [0, 0.1) is 27.7 Å². The summed E-state index contributed by atoms with van der Waals surface area (Å²) in [6.45, 7) is 8.35. The van der Waals surface area contributed by atoms with Gasteiger partial charge in [-0.1, -0.05) is 418 Å². The maximum absolute atomic E-state index is 4.88. The van der Waals surface area contributed by atoms with Crippen molar-refractivity contribution in [3.8, 4) is 170 Å². The molecule has 0 aliphatic heterocycles. The first-order chi connectivity index (χ1) is 58.1. The molecule has 19 aromatic rings. The smallest absolute Gasteiger partial charge is 0.164 e. The Balaban J connectivity index is 0.000000118. The molecule has 0 amide bonds. The summed E-state index contributed by atoms with van der Waals surface area (Å²) in [5, 5.41) is 0. The van der Waals surface area contributed by atoms with E-state index in [1.165, 1.54) is 61.2 Å². The molecule has 0 aliphatic rings. The van der Waals surface area contributed by atoms with Gasteiger partial charge in [0.05, 0.1) is 11.4 Å². The third-order valence-corrected chi connectivity index (χ3v) is 20.1. The predicted molar refractivity (Wildman–Crippen MR) is 484 cm³/mol. The number of aryl methyl sites for hydroxylation is 4. The molecule has 4 heterocycles. The van der Waals surface area contributed by atoms with Crippen LogP contribution >= 0.6 is 0 Å². The Kier molecular flexibility index (Phi) is 24.0. The molecule has 0 atom stereocenters. The minimum absolute atomic E-state index is 0.670. The highest BCUT2D eigenvalue weighted by Gasteiger charge is 2.18. The van der Waals surface area contributed by atoms with Crippen molar-refractivity contribution < 1.29 is 0 Å². The lowest BCUT2D eigenvalue weighted by atomic mass is 10.0. The minimum Gasteiger partial charge on any atom is -0.248 e. The van der Waals surface area contributed by atoms with Crippen LogP contribution in [0.4, 0.5) is 0 Å². The van der Waals surface area contributed by atoms with Gasteiger partial charge in [-0.15, -0.1) is 0 Å². The molecule has 0 saturated heterocycles. The van der Waals surface area contributed by atoms with Crippen molar-refractivity contribution in [2.24, 2.45) is 0 Å². The summed E-state index contributed by atoms with van der Waals surface area (Å²) in [6.07, 6.45) is 0. The van der Waals surface area contributed by atoms with E-state index >= 15 is 0 Å². The second-order valence-electron chi connectivity index (χ2n) is 28.6. The van der Waals surface area contributed by atoms with Gasteiger partial charge in [-0.05, 0) is 102 Å². The number of aromatic nitrogens is 10. The van der Waals surface area contributed by atoms with Crippen molar-refractivity contribution >= 4 is 0 Å². The Bertz CT molecular complexity index is 6490. The maximum Gasteiger partial charge on any atom is 0.164 e. The number of pyridine rings is 1. The molecule has 0 N–H and O–H groups in total. The van der Waals surface area contributed by atoms with Crippen molar-refractivity contribution in [3.05, 3.63) is 447 Å². The van der Waals surface area contributed by atoms with Gasteiger partial charge >= 0.3 is 0 Å². The van der Waals surface area contributed by atoms with Crippen molar-refractivity contribution in [3.63, 3.8) is 0 Å². The topological polar surface area (TPSA) is 129 Å². The molecule has 564 valence electrons. The van der Waals surface area contributed by atoms with Crippen LogP contribution < -0.4 is 0 Å². The SMILES string of the molecule is Cc1cc(-c2ccccc2)nc(-c2ccc(-c3ccccc3)cc2)c1.Cc1ccc(-c2nc(-c3ccccc3)nc(-c3ccc(-c4ccccc4)cc3)n2)cc1.Cc1cccc(-c2nc(-c3ccccc3)nc(-c3ccc(-c4ccccc4)cc3)n2)c1.Cc1ccccc1-c1nc(-c2ccccc2)nc(-c2ccc(-c3ccccc3)cc2)n1. The lowest BCUT2D eigenvalue weighted by molar-refractivity contribution is 1.07. The van der Waals surface area contributed by atoms with Gasteiger partial charge in [0.25, 0.3) is 0 Å². The first-order valence-corrected chi connectivity index (χ1v) is 39.4. The van der Waals surface area contributed by atoms with Gasteiger partial charge in [-0.3, -0.25) is 0 Å². The standard InChI is InChI=1S/3C28H21N3.C24H19N/c1-20-10-8-9-15-25(20)28-30-26(23-13-6-3-7-14-23)29-27(31-28)24-18-16-22(17-19-24)21-11-4-2-5-12-21;1-20-9-8-14-25(19-20)28-30-26(23-12-6-3-7-13-23)29-27(31-28)24-17-15-22(16-18-24)21-10-4-2-5-11-21;1-20-12-14-24(15-13-20)27-29-26(23-10-6-3-7-11-23)30-28(31-27)25-18-16-22(17-19-25)21-8-4-2-5-9-21;1-18-16-23(21-10-6-3-7-11-21)25-24(17-18)22-14-12-20(13-15-22)19-8-4-2-5-9-19/h3*2-19H,1H3;2-17H,1H3. The number of benzene rings is 15. The first kappa shape index (κ1) is 76.5. The Labute approximate surface area is 689 Å². The quantitative estimate of drug-likeness (QED) is 0.0978. The third kappa shape index (κ3) is 19.2. The minimum atomic E-state index is 0.670. The molecule has 10 nitrogen and oxygen atoms in total. The molecule has 19 rings (SSSR count). The van der Waals surface area contributed by atoms with Gasteiger partial charge in [0.15, 0.2) is 52.4 Å². The van der Waals surface area contributed by atoms with Crippen LogP contribution in [0.3, 0.4) is 0 Å². The van der Waals surface area contributed by atoms with Crippen LogP contribution in [-0.4, -0.2) is 49.8 Å². The molecule has 0 unspecified atom stereocenters. The molecule has 0 bridgehead atoms. The van der Waals surface area contributed by atoms with Crippen LogP contribution in [0.1, 0.15) is 22.3 Å². The largest absolute Gasteiger partial charge is 0.248 e. The van der Waals surface area contributed by atoms with E-state index in [2.05, 4.69) is 295 Å². The molecule has 0 spiro atoms. The van der Waals surface area contributed by atoms with Gasteiger partial charge in [-0.2, -0.15) is 0 Å². The summed E-state index contributed by atoms with van der Waals surface area (Å²) < 4.78 is 0. The van der Waals surface area contributed by atoms with E-state index in [-0.39, 0.29) is 0 Å². The first-order valence-electron chi connectivity index (χ1n) is 39.4. The number of rotatable bonds is 15. The molecule has 4 aromatic heterocycles. The highest BCUT2D eigenvalue weighted by Crippen LogP contribution is 2.34. The Morgan fingerprint density at radius 3 is 0.644 bits per heavy atom. The van der Waals surface area contributed by atoms with E-state index in [0.717, 1.165) is 78.1 Å². The fraction of sp³-hybridized carbons (Fsp3) is 0.0370. The zero-order chi connectivity index (χ0) is 80.2.